The van der Waals surface area contributed by atoms with E-state index in [1.54, 1.807) is 48.2 Å². The number of hydrogen-bond acceptors (Lipinski definition) is 8. The topological polar surface area (TPSA) is 115 Å². The van der Waals surface area contributed by atoms with E-state index in [1.165, 1.54) is 11.3 Å². The molecule has 1 fully saturated rings. The van der Waals surface area contributed by atoms with Gasteiger partial charge in [-0.25, -0.2) is 9.78 Å². The summed E-state index contributed by atoms with van der Waals surface area (Å²) < 4.78 is 11.4. The largest absolute Gasteiger partial charge is 0.507 e. The minimum atomic E-state index is -1.44. The first-order valence-corrected chi connectivity index (χ1v) is 13.5. The Balaban J connectivity index is 1.93. The van der Waals surface area contributed by atoms with Gasteiger partial charge >= 0.3 is 6.16 Å². The van der Waals surface area contributed by atoms with Crippen molar-refractivity contribution in [2.75, 3.05) is 7.11 Å². The van der Waals surface area contributed by atoms with Gasteiger partial charge in [0, 0.05) is 48.3 Å². The number of aromatic nitrogens is 3. The van der Waals surface area contributed by atoms with E-state index in [0.29, 0.717) is 29.1 Å². The Morgan fingerprint density at radius 1 is 1.21 bits per heavy atom. The molecule has 0 aliphatic carbocycles. The first-order chi connectivity index (χ1) is 18.0. The van der Waals surface area contributed by atoms with Crippen LogP contribution in [-0.2, 0) is 10.2 Å². The number of benzene rings is 1. The van der Waals surface area contributed by atoms with Crippen molar-refractivity contribution < 1.29 is 24.2 Å². The van der Waals surface area contributed by atoms with E-state index in [-0.39, 0.29) is 29.6 Å². The predicted octanol–water partition coefficient (Wildman–Crippen LogP) is 6.05. The maximum absolute atomic E-state index is 14.5. The summed E-state index contributed by atoms with van der Waals surface area (Å²) in [5.74, 6) is -0.135. The van der Waals surface area contributed by atoms with Gasteiger partial charge in [-0.1, -0.05) is 40.7 Å². The lowest BCUT2D eigenvalue weighted by Gasteiger charge is -2.40. The second-order valence-corrected chi connectivity index (χ2v) is 11.8. The monoisotopic (exact) mass is 538 g/mol. The molecule has 1 aliphatic heterocycles. The molecule has 0 unspecified atom stereocenters. The number of carboxylic acid groups (broad SMARTS) is 1. The van der Waals surface area contributed by atoms with Gasteiger partial charge in [0.25, 0.3) is 5.91 Å². The molecule has 4 rings (SSSR count). The fourth-order valence-corrected chi connectivity index (χ4v) is 6.05. The van der Waals surface area contributed by atoms with Gasteiger partial charge in [0.2, 0.25) is 0 Å². The molecule has 1 aromatic carbocycles. The van der Waals surface area contributed by atoms with Gasteiger partial charge in [-0.05, 0) is 29.0 Å². The molecule has 0 spiro atoms. The van der Waals surface area contributed by atoms with Gasteiger partial charge in [0.15, 0.2) is 5.72 Å². The number of thiazole rings is 1. The summed E-state index contributed by atoms with van der Waals surface area (Å²) in [5.41, 5.74) is 2.69. The van der Waals surface area contributed by atoms with Crippen molar-refractivity contribution in [3.8, 4) is 5.75 Å². The molecule has 1 N–H and O–H groups in total. The summed E-state index contributed by atoms with van der Waals surface area (Å²) in [5, 5.41) is 11.8. The van der Waals surface area contributed by atoms with E-state index >= 15 is 0 Å². The van der Waals surface area contributed by atoms with Crippen LogP contribution in [-0.4, -0.2) is 49.9 Å². The summed E-state index contributed by atoms with van der Waals surface area (Å²) in [6, 6.07) is 4.76. The Hall–Kier alpha value is -3.53. The first-order valence-electron chi connectivity index (χ1n) is 12.5. The van der Waals surface area contributed by atoms with E-state index in [1.807, 2.05) is 25.3 Å². The number of amides is 1. The molecule has 1 amide bonds. The van der Waals surface area contributed by atoms with Crippen molar-refractivity contribution in [2.45, 2.75) is 70.6 Å². The lowest BCUT2D eigenvalue weighted by Crippen LogP contribution is -2.52. The van der Waals surface area contributed by atoms with Crippen LogP contribution in [0.5, 0.6) is 5.75 Å². The van der Waals surface area contributed by atoms with Crippen molar-refractivity contribution in [3.05, 3.63) is 70.2 Å². The van der Waals surface area contributed by atoms with Crippen LogP contribution in [0.1, 0.15) is 86.7 Å². The van der Waals surface area contributed by atoms with Crippen molar-refractivity contribution in [2.24, 2.45) is 5.92 Å². The van der Waals surface area contributed by atoms with Crippen LogP contribution in [0.2, 0.25) is 0 Å². The molecule has 1 aliphatic rings. The third-order valence-electron chi connectivity index (χ3n) is 6.83. The van der Waals surface area contributed by atoms with Crippen LogP contribution in [0.4, 0.5) is 4.79 Å². The molecule has 3 aromatic rings. The summed E-state index contributed by atoms with van der Waals surface area (Å²) >= 11 is 1.41. The van der Waals surface area contributed by atoms with Crippen LogP contribution < -0.4 is 4.74 Å². The maximum atomic E-state index is 14.5. The fraction of sp³-hybridized carbons (Fsp3) is 0.464. The molecule has 9 nitrogen and oxygen atoms in total. The summed E-state index contributed by atoms with van der Waals surface area (Å²) in [7, 11) is 1.58. The number of nitrogens with zero attached hydrogens (tertiary/aromatic N) is 4. The first kappa shape index (κ1) is 27.5. The number of ether oxygens (including phenoxy) is 2. The van der Waals surface area contributed by atoms with E-state index in [2.05, 4.69) is 35.7 Å². The maximum Gasteiger partial charge on any atom is 0.507 e. The molecular weight excluding hydrogens is 504 g/mol. The fourth-order valence-electron chi connectivity index (χ4n) is 5.47. The van der Waals surface area contributed by atoms with Crippen LogP contribution in [0.25, 0.3) is 0 Å². The highest BCUT2D eigenvalue weighted by Crippen LogP contribution is 2.54. The van der Waals surface area contributed by atoms with Gasteiger partial charge in [0.05, 0.1) is 30.1 Å². The van der Waals surface area contributed by atoms with Crippen LogP contribution in [0.3, 0.4) is 0 Å². The predicted molar refractivity (Wildman–Crippen MR) is 143 cm³/mol. The lowest BCUT2D eigenvalue weighted by atomic mass is 9.85. The van der Waals surface area contributed by atoms with Gasteiger partial charge in [0.1, 0.15) is 5.75 Å². The molecule has 202 valence electrons. The van der Waals surface area contributed by atoms with E-state index < -0.39 is 17.9 Å². The number of carbonyl (C=O) groups excluding carboxylic acids is 1. The van der Waals surface area contributed by atoms with Crippen molar-refractivity contribution >= 4 is 23.4 Å². The molecule has 3 atom stereocenters. The minimum Gasteiger partial charge on any atom is -0.496 e. The molecule has 38 heavy (non-hydrogen) atoms. The van der Waals surface area contributed by atoms with Crippen molar-refractivity contribution in [1.29, 1.82) is 0 Å². The Kier molecular flexibility index (Phi) is 7.73. The highest BCUT2D eigenvalue weighted by Gasteiger charge is 2.58. The van der Waals surface area contributed by atoms with Gasteiger partial charge < -0.3 is 14.6 Å². The Morgan fingerprint density at radius 2 is 1.97 bits per heavy atom. The Bertz CT molecular complexity index is 1280. The van der Waals surface area contributed by atoms with Crippen molar-refractivity contribution in [1.82, 2.24) is 19.9 Å². The second kappa shape index (κ2) is 10.7. The van der Waals surface area contributed by atoms with E-state index in [4.69, 9.17) is 9.47 Å². The smallest absolute Gasteiger partial charge is 0.496 e. The van der Waals surface area contributed by atoms with Gasteiger partial charge in [-0.3, -0.25) is 19.7 Å². The average molecular weight is 539 g/mol. The summed E-state index contributed by atoms with van der Waals surface area (Å²) in [6.45, 7) is 10.2. The Labute approximate surface area is 226 Å². The normalized spacial score (nSPS) is 21.5. The number of hydrogen-bond donors (Lipinski definition) is 1. The van der Waals surface area contributed by atoms with Gasteiger partial charge in [-0.15, -0.1) is 11.3 Å². The molecule has 0 bridgehead atoms. The number of likely N-dealkylation sites (tertiary alicyclic amines) is 1. The third kappa shape index (κ3) is 5.36. The zero-order valence-corrected chi connectivity index (χ0v) is 23.4. The standard InChI is InChI=1S/C28H34N4O5S/c1-17(2)12-28(37-26(34)35)13-19(21-14-29-9-10-30-21)24(22-15-38-16-31-22)32(28)25(33)18-7-8-20(27(3,4)5)23(11-18)36-6/h7-11,14-17,19,24H,12-13H2,1-6H3,(H,34,35)/t19-,24-,28+/m1/s1. The average Bonchev–Trinajstić information content (AvgIpc) is 3.48. The number of methoxy groups -OCH3 is 1. The molecule has 10 heteroatoms. The third-order valence-corrected chi connectivity index (χ3v) is 7.44. The molecule has 0 saturated carbocycles. The van der Waals surface area contributed by atoms with Crippen molar-refractivity contribution in [3.63, 3.8) is 0 Å². The lowest BCUT2D eigenvalue weighted by molar-refractivity contribution is -0.108. The van der Waals surface area contributed by atoms with Crippen LogP contribution in [0, 0.1) is 5.92 Å². The SMILES string of the molecule is COc1cc(C(=O)N2[C@@H](c3cscn3)[C@@H](c3cnccn3)C[C@]2(CC(C)C)OC(=O)O)ccc1C(C)(C)C. The zero-order chi connectivity index (χ0) is 27.7. The van der Waals surface area contributed by atoms with Crippen LogP contribution >= 0.6 is 11.3 Å². The molecular formula is C28H34N4O5S. The number of rotatable bonds is 7. The minimum absolute atomic E-state index is 0.0270. The second-order valence-electron chi connectivity index (χ2n) is 11.1. The van der Waals surface area contributed by atoms with Gasteiger partial charge in [-0.2, -0.15) is 0 Å². The van der Waals surface area contributed by atoms with Crippen LogP contribution in [0.15, 0.2) is 47.7 Å². The molecule has 2 aromatic heterocycles. The summed E-state index contributed by atoms with van der Waals surface area (Å²) in [6.07, 6.45) is 3.91. The number of carbonyl (C=O) groups is 2. The van der Waals surface area contributed by atoms with E-state index in [9.17, 15) is 14.7 Å². The molecule has 0 radical (unpaired) electrons. The highest BCUT2D eigenvalue weighted by molar-refractivity contribution is 7.07. The molecule has 1 saturated heterocycles. The Morgan fingerprint density at radius 3 is 2.53 bits per heavy atom. The van der Waals surface area contributed by atoms with E-state index in [0.717, 1.165) is 5.56 Å². The molecule has 3 heterocycles. The highest BCUT2D eigenvalue weighted by atomic mass is 32.1. The zero-order valence-electron chi connectivity index (χ0n) is 22.5. The summed E-state index contributed by atoms with van der Waals surface area (Å²) in [4.78, 5) is 41.5. The quantitative estimate of drug-likeness (QED) is 0.362.